The molecule has 3 heterocycles. The van der Waals surface area contributed by atoms with E-state index in [0.717, 1.165) is 44.5 Å². The molecule has 0 saturated heterocycles. The predicted octanol–water partition coefficient (Wildman–Crippen LogP) is 12.2. The van der Waals surface area contributed by atoms with Gasteiger partial charge in [-0.1, -0.05) is 115 Å². The summed E-state index contributed by atoms with van der Waals surface area (Å²) in [5.74, 6) is 2.83. The van der Waals surface area contributed by atoms with Gasteiger partial charge in [0.1, 0.15) is 11.9 Å². The molecular weight excluding hydrogens is 655 g/mol. The van der Waals surface area contributed by atoms with Crippen molar-refractivity contribution < 1.29 is 4.74 Å². The molecule has 9 aromatic rings. The zero-order valence-electron chi connectivity index (χ0n) is 27.9. The van der Waals surface area contributed by atoms with Gasteiger partial charge in [-0.25, -0.2) is 15.0 Å². The van der Waals surface area contributed by atoms with Crippen LogP contribution in [0.2, 0.25) is 0 Å². The third-order valence-corrected chi connectivity index (χ3v) is 11.6. The van der Waals surface area contributed by atoms with Crippen LogP contribution in [0.15, 0.2) is 164 Å². The molecular formula is C47H29N3OS. The molecule has 52 heavy (non-hydrogen) atoms. The van der Waals surface area contributed by atoms with Gasteiger partial charge >= 0.3 is 0 Å². The lowest BCUT2D eigenvalue weighted by atomic mass is 9.86. The Bertz CT molecular complexity index is 2970. The SMILES string of the molecule is C1=CC2Oc3cc(-c4cccc5ccccc45)cc(-c4nc(-c5ccc6ccccc6c5)nc(-c5ccc6sc7ccccc7c6c5)n4)c3C2C=C1. The number of allylic oxidation sites excluding steroid dienone is 2. The van der Waals surface area contributed by atoms with E-state index in [4.69, 9.17) is 19.7 Å². The van der Waals surface area contributed by atoms with Gasteiger partial charge in [0.15, 0.2) is 17.5 Å². The summed E-state index contributed by atoms with van der Waals surface area (Å²) in [5, 5.41) is 7.16. The third-order valence-electron chi connectivity index (χ3n) is 10.4. The van der Waals surface area contributed by atoms with Crippen molar-refractivity contribution >= 4 is 53.1 Å². The summed E-state index contributed by atoms with van der Waals surface area (Å²) in [6.07, 6.45) is 8.48. The Morgan fingerprint density at radius 3 is 2.06 bits per heavy atom. The number of nitrogens with zero attached hydrogens (tertiary/aromatic N) is 3. The van der Waals surface area contributed by atoms with E-state index in [1.165, 1.54) is 36.3 Å². The normalized spacial score (nSPS) is 16.1. The molecule has 244 valence electrons. The van der Waals surface area contributed by atoms with Gasteiger partial charge in [-0.2, -0.15) is 0 Å². The average molecular weight is 684 g/mol. The molecule has 0 N–H and O–H groups in total. The van der Waals surface area contributed by atoms with Gasteiger partial charge in [0.05, 0.1) is 0 Å². The Kier molecular flexibility index (Phi) is 6.51. The summed E-state index contributed by atoms with van der Waals surface area (Å²) in [7, 11) is 0. The number of rotatable bonds is 4. The first-order valence-electron chi connectivity index (χ1n) is 17.6. The molecule has 2 aliphatic rings. The molecule has 0 amide bonds. The van der Waals surface area contributed by atoms with Crippen LogP contribution in [0.3, 0.4) is 0 Å². The van der Waals surface area contributed by atoms with Crippen LogP contribution in [-0.4, -0.2) is 21.1 Å². The summed E-state index contributed by atoms with van der Waals surface area (Å²) < 4.78 is 9.21. The minimum atomic E-state index is -0.0861. The molecule has 2 unspecified atom stereocenters. The Balaban J connectivity index is 1.18. The van der Waals surface area contributed by atoms with Crippen LogP contribution < -0.4 is 4.74 Å². The Morgan fingerprint density at radius 2 is 1.15 bits per heavy atom. The molecule has 1 aliphatic heterocycles. The number of hydrogen-bond donors (Lipinski definition) is 0. The Morgan fingerprint density at radius 1 is 0.462 bits per heavy atom. The van der Waals surface area contributed by atoms with Gasteiger partial charge < -0.3 is 4.74 Å². The van der Waals surface area contributed by atoms with Gasteiger partial charge in [0.25, 0.3) is 0 Å². The van der Waals surface area contributed by atoms with E-state index >= 15 is 0 Å². The zero-order chi connectivity index (χ0) is 34.2. The lowest BCUT2D eigenvalue weighted by Gasteiger charge is -2.17. The highest BCUT2D eigenvalue weighted by Crippen LogP contribution is 2.49. The Labute approximate surface area is 304 Å². The quantitative estimate of drug-likeness (QED) is 0.185. The van der Waals surface area contributed by atoms with Crippen molar-refractivity contribution in [3.63, 3.8) is 0 Å². The molecule has 7 aromatic carbocycles. The van der Waals surface area contributed by atoms with E-state index in [1.807, 2.05) is 11.3 Å². The first kappa shape index (κ1) is 29.3. The smallest absolute Gasteiger partial charge is 0.164 e. The van der Waals surface area contributed by atoms with Crippen molar-refractivity contribution in [2.24, 2.45) is 0 Å². The maximum Gasteiger partial charge on any atom is 0.164 e. The van der Waals surface area contributed by atoms with E-state index in [9.17, 15) is 0 Å². The second-order valence-electron chi connectivity index (χ2n) is 13.5. The maximum atomic E-state index is 6.70. The highest BCUT2D eigenvalue weighted by molar-refractivity contribution is 7.25. The molecule has 0 spiro atoms. The molecule has 0 fully saturated rings. The lowest BCUT2D eigenvalue weighted by Crippen LogP contribution is -2.16. The number of aromatic nitrogens is 3. The second-order valence-corrected chi connectivity index (χ2v) is 14.6. The van der Waals surface area contributed by atoms with Gasteiger partial charge in [-0.15, -0.1) is 11.3 Å². The van der Waals surface area contributed by atoms with E-state index in [-0.39, 0.29) is 12.0 Å². The standard InChI is InChI=1S/C47H29N3OS/c1-2-12-30-24-31(21-20-28(30)10-1)45-48-46(32-22-23-43-38(25-32)36-15-6-8-19-42(36)52-43)50-47(49-45)39-26-33(35-17-9-13-29-11-3-4-14-34(29)35)27-41-44(39)37-16-5-7-18-40(37)51-41/h1-27,37,40H. The highest BCUT2D eigenvalue weighted by Gasteiger charge is 2.36. The van der Waals surface area contributed by atoms with E-state index in [0.29, 0.717) is 17.5 Å². The number of thiophene rings is 1. The van der Waals surface area contributed by atoms with Gasteiger partial charge in [-0.05, 0) is 81.2 Å². The number of hydrogen-bond acceptors (Lipinski definition) is 5. The highest BCUT2D eigenvalue weighted by atomic mass is 32.1. The number of benzene rings is 7. The first-order valence-corrected chi connectivity index (χ1v) is 18.4. The topological polar surface area (TPSA) is 47.9 Å². The van der Waals surface area contributed by atoms with Crippen LogP contribution in [-0.2, 0) is 0 Å². The predicted molar refractivity (Wildman–Crippen MR) is 215 cm³/mol. The van der Waals surface area contributed by atoms with E-state index in [1.54, 1.807) is 0 Å². The first-order chi connectivity index (χ1) is 25.7. The maximum absolute atomic E-state index is 6.70. The lowest BCUT2D eigenvalue weighted by molar-refractivity contribution is 0.269. The summed E-state index contributed by atoms with van der Waals surface area (Å²) >= 11 is 1.81. The third kappa shape index (κ3) is 4.70. The van der Waals surface area contributed by atoms with Crippen LogP contribution in [0.1, 0.15) is 11.5 Å². The van der Waals surface area contributed by atoms with Gasteiger partial charge in [0, 0.05) is 48.3 Å². The molecule has 0 saturated carbocycles. The van der Waals surface area contributed by atoms with Crippen LogP contribution in [0.5, 0.6) is 5.75 Å². The van der Waals surface area contributed by atoms with Crippen LogP contribution in [0.4, 0.5) is 0 Å². The van der Waals surface area contributed by atoms with Gasteiger partial charge in [-0.3, -0.25) is 0 Å². The molecule has 4 nitrogen and oxygen atoms in total. The van der Waals surface area contributed by atoms with Crippen LogP contribution in [0, 0.1) is 0 Å². The van der Waals surface area contributed by atoms with Crippen molar-refractivity contribution in [3.05, 3.63) is 169 Å². The van der Waals surface area contributed by atoms with Crippen molar-refractivity contribution in [1.29, 1.82) is 0 Å². The average Bonchev–Trinajstić information content (AvgIpc) is 3.78. The van der Waals surface area contributed by atoms with E-state index < -0.39 is 0 Å². The van der Waals surface area contributed by atoms with Crippen molar-refractivity contribution in [2.75, 3.05) is 0 Å². The van der Waals surface area contributed by atoms with Crippen LogP contribution in [0.25, 0.3) is 87.0 Å². The minimum absolute atomic E-state index is 0.0504. The monoisotopic (exact) mass is 683 g/mol. The fourth-order valence-corrected chi connectivity index (χ4v) is 9.03. The number of fused-ring (bicyclic) bond motifs is 8. The Hall–Kier alpha value is -6.43. The second kappa shape index (κ2) is 11.6. The summed E-state index contributed by atoms with van der Waals surface area (Å²) in [4.78, 5) is 15.8. The summed E-state index contributed by atoms with van der Waals surface area (Å²) in [6.45, 7) is 0. The molecule has 2 aromatic heterocycles. The molecule has 1 aliphatic carbocycles. The van der Waals surface area contributed by atoms with Crippen molar-refractivity contribution in [3.8, 4) is 51.0 Å². The fraction of sp³-hybridized carbons (Fsp3) is 0.0426. The summed E-state index contributed by atoms with van der Waals surface area (Å²) in [5.41, 5.74) is 6.18. The molecule has 2 atom stereocenters. The largest absolute Gasteiger partial charge is 0.485 e. The van der Waals surface area contributed by atoms with Crippen molar-refractivity contribution in [2.45, 2.75) is 12.0 Å². The van der Waals surface area contributed by atoms with Gasteiger partial charge in [0.2, 0.25) is 0 Å². The van der Waals surface area contributed by atoms with E-state index in [2.05, 4.69) is 164 Å². The molecule has 11 rings (SSSR count). The fourth-order valence-electron chi connectivity index (χ4n) is 7.94. The summed E-state index contributed by atoms with van der Waals surface area (Å²) in [6, 6.07) is 49.5. The van der Waals surface area contributed by atoms with Crippen molar-refractivity contribution in [1.82, 2.24) is 15.0 Å². The molecule has 0 bridgehead atoms. The van der Waals surface area contributed by atoms with Crippen LogP contribution >= 0.6 is 11.3 Å². The number of ether oxygens (including phenoxy) is 1. The zero-order valence-corrected chi connectivity index (χ0v) is 28.7. The molecule has 0 radical (unpaired) electrons. The minimum Gasteiger partial charge on any atom is -0.485 e. The molecule has 5 heteroatoms.